The normalized spacial score (nSPS) is 10.3. The lowest BCUT2D eigenvalue weighted by Crippen LogP contribution is -2.52. The van der Waals surface area contributed by atoms with Crippen LogP contribution in [-0.4, -0.2) is 91.6 Å². The molecule has 0 aliphatic rings. The summed E-state index contributed by atoms with van der Waals surface area (Å²) in [7, 11) is 1.44. The number of ether oxygens (including phenoxy) is 3. The Kier molecular flexibility index (Phi) is 14.8. The maximum absolute atomic E-state index is 12.9. The minimum atomic E-state index is -0.982. The molecule has 11 heteroatoms. The van der Waals surface area contributed by atoms with Gasteiger partial charge in [0.1, 0.15) is 25.6 Å². The number of carbonyl (C=O) groups is 5. The topological polar surface area (TPSA) is 123 Å². The van der Waals surface area contributed by atoms with E-state index in [-0.39, 0.29) is 45.9 Å². The molecule has 33 heavy (non-hydrogen) atoms. The van der Waals surface area contributed by atoms with Crippen LogP contribution in [0, 0.1) is 0 Å². The Morgan fingerprint density at radius 3 is 1.82 bits per heavy atom. The van der Waals surface area contributed by atoms with Gasteiger partial charge in [0.05, 0.1) is 19.6 Å². The molecule has 0 heterocycles. The number of allylic oxidation sites excluding steroid dienone is 2. The summed E-state index contributed by atoms with van der Waals surface area (Å²) >= 11 is 0. The number of nitrogens with zero attached hydrogens (tertiary/aromatic N) is 3. The lowest BCUT2D eigenvalue weighted by atomic mass is 10.4. The number of imide groups is 2. The third-order valence-electron chi connectivity index (χ3n) is 3.93. The highest BCUT2D eigenvalue weighted by Gasteiger charge is 2.29. The molecule has 182 valence electrons. The minimum absolute atomic E-state index is 0.113. The van der Waals surface area contributed by atoms with Crippen LogP contribution in [0.2, 0.25) is 0 Å². The van der Waals surface area contributed by atoms with Gasteiger partial charge in [0.15, 0.2) is 0 Å². The van der Waals surface area contributed by atoms with Crippen LogP contribution in [0.25, 0.3) is 0 Å². The largest absolute Gasteiger partial charge is 0.492 e. The molecule has 0 N–H and O–H groups in total. The van der Waals surface area contributed by atoms with Gasteiger partial charge in [-0.3, -0.25) is 9.69 Å². The predicted molar refractivity (Wildman–Crippen MR) is 120 cm³/mol. The number of carbonyl (C=O) groups excluding carboxylic acids is 5. The molecule has 0 saturated carbocycles. The fourth-order valence-electron chi connectivity index (χ4n) is 2.23. The van der Waals surface area contributed by atoms with E-state index in [1.54, 1.807) is 0 Å². The number of likely N-dealkylation sites (N-methyl/N-ethyl adjacent to an activating group) is 1. The van der Waals surface area contributed by atoms with E-state index in [2.05, 4.69) is 19.7 Å². The van der Waals surface area contributed by atoms with Crippen LogP contribution < -0.4 is 0 Å². The molecule has 0 spiro atoms. The molecular weight excluding hydrogens is 434 g/mol. The van der Waals surface area contributed by atoms with Gasteiger partial charge in [0.2, 0.25) is 6.41 Å². The first-order chi connectivity index (χ1) is 15.7. The zero-order valence-corrected chi connectivity index (χ0v) is 19.1. The zero-order valence-electron chi connectivity index (χ0n) is 19.1. The molecular formula is C22H31N3O8. The van der Waals surface area contributed by atoms with Gasteiger partial charge in [-0.25, -0.2) is 24.1 Å². The van der Waals surface area contributed by atoms with Gasteiger partial charge < -0.3 is 19.1 Å². The lowest BCUT2D eigenvalue weighted by molar-refractivity contribution is -0.138. The fourth-order valence-corrected chi connectivity index (χ4v) is 2.23. The van der Waals surface area contributed by atoms with Gasteiger partial charge in [-0.2, -0.15) is 0 Å². The van der Waals surface area contributed by atoms with Gasteiger partial charge in [0.25, 0.3) is 0 Å². The van der Waals surface area contributed by atoms with Crippen LogP contribution >= 0.6 is 0 Å². The standard InChI is InChI=1S/C22H31N3O8/c1-6-10-18(7-2)31-14-11-23(5)21(29)25(13-16-33-20(28)9-4)22(30)24(17-26)12-15-32-19(27)8-3/h7-10,17H,2-4,6,11-16H2,1,5H3/b18-10+. The van der Waals surface area contributed by atoms with Crippen molar-refractivity contribution in [3.05, 3.63) is 49.8 Å². The Labute approximate surface area is 193 Å². The average Bonchev–Trinajstić information content (AvgIpc) is 2.82. The average molecular weight is 466 g/mol. The summed E-state index contributed by atoms with van der Waals surface area (Å²) in [5, 5.41) is 0. The van der Waals surface area contributed by atoms with E-state index in [4.69, 9.17) is 14.2 Å². The predicted octanol–water partition coefficient (Wildman–Crippen LogP) is 1.87. The molecule has 0 radical (unpaired) electrons. The van der Waals surface area contributed by atoms with Gasteiger partial charge in [-0.05, 0) is 18.6 Å². The van der Waals surface area contributed by atoms with Crippen LogP contribution in [0.4, 0.5) is 9.59 Å². The summed E-state index contributed by atoms with van der Waals surface area (Å²) in [6.07, 6.45) is 6.17. The number of hydrogen-bond donors (Lipinski definition) is 0. The van der Waals surface area contributed by atoms with E-state index < -0.39 is 24.0 Å². The van der Waals surface area contributed by atoms with E-state index in [1.165, 1.54) is 18.0 Å². The van der Waals surface area contributed by atoms with E-state index in [9.17, 15) is 24.0 Å². The van der Waals surface area contributed by atoms with E-state index in [0.29, 0.717) is 10.7 Å². The van der Waals surface area contributed by atoms with Crippen molar-refractivity contribution in [3.63, 3.8) is 0 Å². The molecule has 0 aliphatic heterocycles. The number of rotatable bonds is 15. The van der Waals surface area contributed by atoms with E-state index in [0.717, 1.165) is 23.5 Å². The molecule has 0 aromatic rings. The van der Waals surface area contributed by atoms with Crippen molar-refractivity contribution in [1.29, 1.82) is 0 Å². The van der Waals surface area contributed by atoms with Crippen molar-refractivity contribution in [1.82, 2.24) is 14.7 Å². The van der Waals surface area contributed by atoms with E-state index in [1.807, 2.05) is 13.0 Å². The smallest absolute Gasteiger partial charge is 0.334 e. The summed E-state index contributed by atoms with van der Waals surface area (Å²) in [5.74, 6) is -0.906. The number of amides is 5. The molecule has 0 saturated heterocycles. The van der Waals surface area contributed by atoms with Crippen molar-refractivity contribution < 1.29 is 38.2 Å². The van der Waals surface area contributed by atoms with Crippen LogP contribution in [-0.2, 0) is 28.6 Å². The maximum Gasteiger partial charge on any atom is 0.334 e. The molecule has 0 aliphatic carbocycles. The van der Waals surface area contributed by atoms with Crippen molar-refractivity contribution >= 4 is 30.4 Å². The van der Waals surface area contributed by atoms with Crippen LogP contribution in [0.3, 0.4) is 0 Å². The first kappa shape index (κ1) is 29.1. The quantitative estimate of drug-likeness (QED) is 0.118. The SMILES string of the molecule is C=CC(=O)OCCN(C=O)C(=O)N(CCOC(=O)C=C)C(=O)N(C)CCO/C(C=C)=C/CC. The highest BCUT2D eigenvalue weighted by atomic mass is 16.5. The molecule has 0 rings (SSSR count). The second kappa shape index (κ2) is 16.8. The molecule has 0 aromatic carbocycles. The van der Waals surface area contributed by atoms with Crippen LogP contribution in [0.1, 0.15) is 13.3 Å². The molecule has 11 nitrogen and oxygen atoms in total. The summed E-state index contributed by atoms with van der Waals surface area (Å²) in [6.45, 7) is 11.1. The fraction of sp³-hybridized carbons (Fsp3) is 0.409. The zero-order chi connectivity index (χ0) is 25.2. The third-order valence-corrected chi connectivity index (χ3v) is 3.93. The maximum atomic E-state index is 12.9. The van der Waals surface area contributed by atoms with Crippen molar-refractivity contribution in [2.24, 2.45) is 0 Å². The molecule has 0 bridgehead atoms. The van der Waals surface area contributed by atoms with Crippen LogP contribution in [0.15, 0.2) is 49.8 Å². The highest BCUT2D eigenvalue weighted by molar-refractivity contribution is 5.97. The molecule has 0 aromatic heterocycles. The Hall–Kier alpha value is -3.89. The number of hydrogen-bond acceptors (Lipinski definition) is 8. The Morgan fingerprint density at radius 1 is 0.788 bits per heavy atom. The Balaban J connectivity index is 5.27. The summed E-state index contributed by atoms with van der Waals surface area (Å²) in [6, 6.07) is -1.74. The van der Waals surface area contributed by atoms with Crippen molar-refractivity contribution in [2.45, 2.75) is 13.3 Å². The minimum Gasteiger partial charge on any atom is -0.492 e. The Bertz CT molecular complexity index is 763. The molecule has 0 atom stereocenters. The number of urea groups is 2. The van der Waals surface area contributed by atoms with Crippen molar-refractivity contribution in [2.75, 3.05) is 46.5 Å². The Morgan fingerprint density at radius 2 is 1.33 bits per heavy atom. The van der Waals surface area contributed by atoms with Gasteiger partial charge in [-0.15, -0.1) is 0 Å². The van der Waals surface area contributed by atoms with Gasteiger partial charge in [-0.1, -0.05) is 26.7 Å². The highest BCUT2D eigenvalue weighted by Crippen LogP contribution is 2.06. The molecule has 5 amide bonds. The molecule has 0 fully saturated rings. The second-order valence-electron chi connectivity index (χ2n) is 6.25. The second-order valence-corrected chi connectivity index (χ2v) is 6.25. The molecule has 0 unspecified atom stereocenters. The number of esters is 2. The summed E-state index contributed by atoms with van der Waals surface area (Å²) in [5.41, 5.74) is 0. The van der Waals surface area contributed by atoms with E-state index >= 15 is 0 Å². The summed E-state index contributed by atoms with van der Waals surface area (Å²) in [4.78, 5) is 62.2. The van der Waals surface area contributed by atoms with Gasteiger partial charge >= 0.3 is 24.0 Å². The van der Waals surface area contributed by atoms with Crippen LogP contribution in [0.5, 0.6) is 0 Å². The third kappa shape index (κ3) is 11.3. The van der Waals surface area contributed by atoms with Gasteiger partial charge in [0, 0.05) is 19.2 Å². The summed E-state index contributed by atoms with van der Waals surface area (Å²) < 4.78 is 15.1. The van der Waals surface area contributed by atoms with Crippen molar-refractivity contribution in [3.8, 4) is 0 Å². The lowest BCUT2D eigenvalue weighted by Gasteiger charge is -2.29. The first-order valence-electron chi connectivity index (χ1n) is 10.1. The first-order valence-corrected chi connectivity index (χ1v) is 10.1. The monoisotopic (exact) mass is 465 g/mol.